The van der Waals surface area contributed by atoms with E-state index < -0.39 is 0 Å². The van der Waals surface area contributed by atoms with Gasteiger partial charge in [0, 0.05) is 0 Å². The van der Waals surface area contributed by atoms with Crippen LogP contribution >= 0.6 is 11.6 Å². The molecule has 0 radical (unpaired) electrons. The summed E-state index contributed by atoms with van der Waals surface area (Å²) in [6.45, 7) is 5.29. The normalized spacial score (nSPS) is 21.3. The lowest BCUT2D eigenvalue weighted by Crippen LogP contribution is -2.71. The van der Waals surface area contributed by atoms with Crippen molar-refractivity contribution in [2.75, 3.05) is 13.3 Å². The van der Waals surface area contributed by atoms with Crippen LogP contribution < -0.4 is 10.3 Å². The van der Waals surface area contributed by atoms with Crippen molar-refractivity contribution >= 4 is 31.8 Å². The molecule has 1 rings (SSSR count). The van der Waals surface area contributed by atoms with E-state index in [4.69, 9.17) is 0 Å². The van der Waals surface area contributed by atoms with Gasteiger partial charge in [0.05, 0.1) is 0 Å². The Labute approximate surface area is 74.3 Å². The van der Waals surface area contributed by atoms with Crippen molar-refractivity contribution in [2.45, 2.75) is 13.6 Å². The molecule has 1 heterocycles. The molecule has 2 N–H and O–H groups in total. The molecule has 7 heteroatoms. The van der Waals surface area contributed by atoms with Gasteiger partial charge in [0.1, 0.15) is 0 Å². The molecule has 0 aromatic carbocycles. The lowest BCUT2D eigenvalue weighted by atomic mass is 9.56. The Bertz CT molecular complexity index is 126. The Morgan fingerprint density at radius 2 is 1.64 bits per heavy atom. The summed E-state index contributed by atoms with van der Waals surface area (Å²) < 4.78 is 2.27. The predicted molar refractivity (Wildman–Crippen MR) is 56.5 cm³/mol. The van der Waals surface area contributed by atoms with Crippen LogP contribution in [0.5, 0.6) is 0 Å². The fraction of sp³-hybridized carbons (Fsp3) is 1.00. The summed E-state index contributed by atoms with van der Waals surface area (Å²) in [6.07, 6.45) is 2.51. The summed E-state index contributed by atoms with van der Waals surface area (Å²) in [5.41, 5.74) is 0. The maximum absolute atomic E-state index is 3.42. The number of hydrogen-bond donors (Lipinski definition) is 2. The van der Waals surface area contributed by atoms with E-state index in [0.29, 0.717) is 20.2 Å². The molecule has 0 aromatic rings. The van der Waals surface area contributed by atoms with Crippen molar-refractivity contribution in [3.63, 3.8) is 0 Å². The zero-order valence-corrected chi connectivity index (χ0v) is 8.40. The van der Waals surface area contributed by atoms with E-state index in [9.17, 15) is 0 Å². The molecule has 3 nitrogen and oxygen atoms in total. The molecule has 0 aliphatic carbocycles. The van der Waals surface area contributed by atoms with Crippen molar-refractivity contribution < 1.29 is 0 Å². The average molecular weight is 169 g/mol. The Kier molecular flexibility index (Phi) is 3.37. The quantitative estimate of drug-likeness (QED) is 0.526. The number of nitrogens with zero attached hydrogens (tertiary/aromatic N) is 1. The highest BCUT2D eigenvalue weighted by Gasteiger charge is 2.33. The van der Waals surface area contributed by atoms with Crippen LogP contribution in [0.2, 0.25) is 13.6 Å². The largest absolute Gasteiger partial charge is 0.362 e. The van der Waals surface area contributed by atoms with Crippen molar-refractivity contribution in [1.82, 2.24) is 15.0 Å². The molecule has 0 saturated carbocycles. The summed E-state index contributed by atoms with van der Waals surface area (Å²) >= 11 is 1.81. The van der Waals surface area contributed by atoms with Crippen molar-refractivity contribution in [1.29, 1.82) is 0 Å². The zero-order chi connectivity index (χ0) is 8.43. The van der Waals surface area contributed by atoms with Crippen molar-refractivity contribution in [3.8, 4) is 0 Å². The molecule has 1 aliphatic rings. The van der Waals surface area contributed by atoms with Crippen molar-refractivity contribution in [3.05, 3.63) is 0 Å². The van der Waals surface area contributed by atoms with Gasteiger partial charge >= 0.3 is 6.26 Å². The van der Waals surface area contributed by atoms with Gasteiger partial charge in [-0.1, -0.05) is 13.6 Å². The van der Waals surface area contributed by atoms with E-state index >= 15 is 0 Å². The summed E-state index contributed by atoms with van der Waals surface area (Å²) in [5.74, 6) is 0. The molecule has 1 saturated heterocycles. The van der Waals surface area contributed by atoms with Crippen LogP contribution in [0.25, 0.3) is 0 Å². The molecule has 60 valence electrons. The molecule has 1 aliphatic heterocycles. The molecule has 0 spiro atoms. The number of rotatable bonds is 1. The smallest absolute Gasteiger partial charge is 0.355 e. The number of nitrogens with one attached hydrogen (secondary N) is 2. The van der Waals surface area contributed by atoms with Gasteiger partial charge in [0.2, 0.25) is 0 Å². The Hall–Kier alpha value is 0.425. The van der Waals surface area contributed by atoms with Crippen LogP contribution in [0.4, 0.5) is 0 Å². The zero-order valence-electron chi connectivity index (χ0n) is 7.59. The fourth-order valence-corrected chi connectivity index (χ4v) is 1.86. The van der Waals surface area contributed by atoms with Gasteiger partial charge < -0.3 is 15.0 Å². The van der Waals surface area contributed by atoms with Crippen LogP contribution in [0, 0.1) is 0 Å². The van der Waals surface area contributed by atoms with E-state index in [2.05, 4.69) is 41.9 Å². The first-order valence-electron chi connectivity index (χ1n) is 3.92. The molecular formula is C4H14B3N3S. The van der Waals surface area contributed by atoms with Crippen molar-refractivity contribution in [2.24, 2.45) is 0 Å². The molecule has 0 aromatic heterocycles. The van der Waals surface area contributed by atoms with E-state index in [-0.39, 0.29) is 0 Å². The van der Waals surface area contributed by atoms with Gasteiger partial charge in [-0.15, -0.1) is 0 Å². The van der Waals surface area contributed by atoms with Crippen LogP contribution in [0.3, 0.4) is 0 Å². The first-order chi connectivity index (χ1) is 5.15. The minimum Gasteiger partial charge on any atom is -0.362 e. The molecule has 0 unspecified atom stereocenters. The van der Waals surface area contributed by atoms with Gasteiger partial charge in [0.25, 0.3) is 14.0 Å². The monoisotopic (exact) mass is 169 g/mol. The summed E-state index contributed by atoms with van der Waals surface area (Å²) in [6, 6.07) is 0. The summed E-state index contributed by atoms with van der Waals surface area (Å²) in [4.78, 5) is 0. The van der Waals surface area contributed by atoms with Gasteiger partial charge in [-0.25, -0.2) is 0 Å². The highest BCUT2D eigenvalue weighted by Crippen LogP contribution is 2.04. The standard InChI is InChI=1S/C4H14B3N3S/c1-5-8-7(11-4)9-6(2)10(5)3/h8-9H,1-4H3. The first kappa shape index (κ1) is 9.51. The van der Waals surface area contributed by atoms with Gasteiger partial charge in [0.15, 0.2) is 0 Å². The van der Waals surface area contributed by atoms with Crippen LogP contribution in [0.1, 0.15) is 0 Å². The summed E-state index contributed by atoms with van der Waals surface area (Å²) in [7, 11) is 2.12. The van der Waals surface area contributed by atoms with Crippen LogP contribution in [0.15, 0.2) is 0 Å². The lowest BCUT2D eigenvalue weighted by Gasteiger charge is -2.36. The first-order valence-corrected chi connectivity index (χ1v) is 5.20. The van der Waals surface area contributed by atoms with Gasteiger partial charge in [-0.05, 0) is 13.3 Å². The summed E-state index contributed by atoms with van der Waals surface area (Å²) in [5, 5.41) is 6.85. The second-order valence-electron chi connectivity index (χ2n) is 2.97. The van der Waals surface area contributed by atoms with Crippen LogP contribution in [-0.2, 0) is 0 Å². The lowest BCUT2D eigenvalue weighted by molar-refractivity contribution is 0.762. The van der Waals surface area contributed by atoms with Crippen LogP contribution in [-0.4, -0.2) is 38.3 Å². The number of hydrogen-bond acceptors (Lipinski definition) is 4. The van der Waals surface area contributed by atoms with E-state index in [1.54, 1.807) is 11.6 Å². The molecule has 1 fully saturated rings. The average Bonchev–Trinajstić information content (AvgIpc) is 1.99. The SMILES string of the molecule is CSB1NB(C)N(C)B(C)N1. The Balaban J connectivity index is 2.47. The van der Waals surface area contributed by atoms with Gasteiger partial charge in [-0.2, -0.15) is 11.6 Å². The molecule has 0 atom stereocenters. The second kappa shape index (κ2) is 3.89. The topological polar surface area (TPSA) is 27.3 Å². The second-order valence-corrected chi connectivity index (χ2v) is 3.91. The van der Waals surface area contributed by atoms with E-state index in [1.165, 1.54) is 0 Å². The molecule has 0 bridgehead atoms. The maximum atomic E-state index is 3.42. The minimum atomic E-state index is 0.399. The highest BCUT2D eigenvalue weighted by molar-refractivity contribution is 8.24. The van der Waals surface area contributed by atoms with E-state index in [0.717, 1.165) is 0 Å². The maximum Gasteiger partial charge on any atom is 0.355 e. The molecular weight excluding hydrogens is 155 g/mol. The third-order valence-electron chi connectivity index (χ3n) is 2.24. The third-order valence-corrected chi connectivity index (χ3v) is 2.99. The minimum absolute atomic E-state index is 0.399. The van der Waals surface area contributed by atoms with Gasteiger partial charge in [-0.3, -0.25) is 0 Å². The third kappa shape index (κ3) is 2.18. The Morgan fingerprint density at radius 1 is 1.18 bits per heavy atom. The predicted octanol–water partition coefficient (Wildman–Crippen LogP) is -0.305. The highest BCUT2D eigenvalue weighted by atomic mass is 32.2. The Morgan fingerprint density at radius 3 is 2.00 bits per heavy atom. The fourth-order valence-electron chi connectivity index (χ4n) is 1.19. The molecule has 0 amide bonds. The van der Waals surface area contributed by atoms with E-state index in [1.807, 2.05) is 0 Å². The molecule has 11 heavy (non-hydrogen) atoms.